The second-order valence-electron chi connectivity index (χ2n) is 2.66. The van der Waals surface area contributed by atoms with Crippen molar-refractivity contribution in [2.75, 3.05) is 5.32 Å². The number of aromatic nitrogens is 3. The monoisotopic (exact) mass is 138 g/mol. The Hall–Kier alpha value is -1.06. The average molecular weight is 138 g/mol. The summed E-state index contributed by atoms with van der Waals surface area (Å²) in [5.41, 5.74) is 0. The van der Waals surface area contributed by atoms with Gasteiger partial charge in [0.05, 0.1) is 6.20 Å². The SMILES string of the molecule is Cn1nncc1NC1CC1. The van der Waals surface area contributed by atoms with Crippen molar-refractivity contribution in [1.29, 1.82) is 0 Å². The molecule has 10 heavy (non-hydrogen) atoms. The van der Waals surface area contributed by atoms with Crippen molar-refractivity contribution in [1.82, 2.24) is 15.0 Å². The second kappa shape index (κ2) is 1.97. The summed E-state index contributed by atoms with van der Waals surface area (Å²) in [6.45, 7) is 0. The third-order valence-corrected chi connectivity index (χ3v) is 1.64. The molecule has 2 rings (SSSR count). The number of rotatable bonds is 2. The number of nitrogens with one attached hydrogen (secondary N) is 1. The van der Waals surface area contributed by atoms with Crippen molar-refractivity contribution in [2.45, 2.75) is 18.9 Å². The fourth-order valence-electron chi connectivity index (χ4n) is 0.857. The lowest BCUT2D eigenvalue weighted by Gasteiger charge is -2.00. The van der Waals surface area contributed by atoms with E-state index in [0.29, 0.717) is 6.04 Å². The van der Waals surface area contributed by atoms with Crippen molar-refractivity contribution in [2.24, 2.45) is 7.05 Å². The van der Waals surface area contributed by atoms with Crippen molar-refractivity contribution < 1.29 is 0 Å². The van der Waals surface area contributed by atoms with E-state index in [0.717, 1.165) is 5.82 Å². The maximum Gasteiger partial charge on any atom is 0.144 e. The molecule has 1 fully saturated rings. The number of anilines is 1. The molecule has 0 saturated heterocycles. The number of aryl methyl sites for hydroxylation is 1. The molecule has 0 unspecified atom stereocenters. The Morgan fingerprint density at radius 1 is 1.70 bits per heavy atom. The van der Waals surface area contributed by atoms with E-state index in [1.54, 1.807) is 10.9 Å². The third-order valence-electron chi connectivity index (χ3n) is 1.64. The maximum absolute atomic E-state index is 3.80. The molecular weight excluding hydrogens is 128 g/mol. The first kappa shape index (κ1) is 5.70. The van der Waals surface area contributed by atoms with Crippen LogP contribution in [-0.4, -0.2) is 21.0 Å². The van der Waals surface area contributed by atoms with Crippen LogP contribution >= 0.6 is 0 Å². The van der Waals surface area contributed by atoms with Crippen LogP contribution in [0, 0.1) is 0 Å². The summed E-state index contributed by atoms with van der Waals surface area (Å²) >= 11 is 0. The molecule has 0 aromatic carbocycles. The van der Waals surface area contributed by atoms with E-state index in [2.05, 4.69) is 15.6 Å². The number of nitrogens with zero attached hydrogens (tertiary/aromatic N) is 3. The van der Waals surface area contributed by atoms with Crippen LogP contribution in [0.4, 0.5) is 5.82 Å². The van der Waals surface area contributed by atoms with Crippen molar-refractivity contribution in [3.05, 3.63) is 6.20 Å². The number of hydrogen-bond acceptors (Lipinski definition) is 3. The maximum atomic E-state index is 3.80. The fraction of sp³-hybridized carbons (Fsp3) is 0.667. The van der Waals surface area contributed by atoms with Gasteiger partial charge in [-0.1, -0.05) is 5.21 Å². The summed E-state index contributed by atoms with van der Waals surface area (Å²) in [5.74, 6) is 1.02. The highest BCUT2D eigenvalue weighted by Crippen LogP contribution is 2.23. The van der Waals surface area contributed by atoms with Crippen molar-refractivity contribution >= 4 is 5.82 Å². The quantitative estimate of drug-likeness (QED) is 0.642. The summed E-state index contributed by atoms with van der Waals surface area (Å²) in [6.07, 6.45) is 4.31. The van der Waals surface area contributed by atoms with E-state index in [1.165, 1.54) is 12.8 Å². The molecule has 54 valence electrons. The smallest absolute Gasteiger partial charge is 0.144 e. The topological polar surface area (TPSA) is 42.7 Å². The van der Waals surface area contributed by atoms with Gasteiger partial charge in [0.2, 0.25) is 0 Å². The van der Waals surface area contributed by atoms with Crippen LogP contribution < -0.4 is 5.32 Å². The minimum absolute atomic E-state index is 0.678. The zero-order valence-electron chi connectivity index (χ0n) is 5.91. The predicted octanol–water partition coefficient (Wildman–Crippen LogP) is 0.389. The predicted molar refractivity (Wildman–Crippen MR) is 37.6 cm³/mol. The van der Waals surface area contributed by atoms with Crippen molar-refractivity contribution in [3.8, 4) is 0 Å². The van der Waals surface area contributed by atoms with Gasteiger partial charge in [-0.05, 0) is 12.8 Å². The fourth-order valence-corrected chi connectivity index (χ4v) is 0.857. The highest BCUT2D eigenvalue weighted by Gasteiger charge is 2.21. The largest absolute Gasteiger partial charge is 0.366 e. The van der Waals surface area contributed by atoms with Crippen LogP contribution in [0.25, 0.3) is 0 Å². The average Bonchev–Trinajstić information content (AvgIpc) is 2.62. The van der Waals surface area contributed by atoms with E-state index in [9.17, 15) is 0 Å². The molecule has 1 aliphatic rings. The Bertz CT molecular complexity index is 225. The summed E-state index contributed by atoms with van der Waals surface area (Å²) in [5, 5.41) is 10.9. The van der Waals surface area contributed by atoms with Crippen molar-refractivity contribution in [3.63, 3.8) is 0 Å². The molecule has 1 heterocycles. The van der Waals surface area contributed by atoms with Gasteiger partial charge >= 0.3 is 0 Å². The molecular formula is C6H10N4. The molecule has 0 bridgehead atoms. The highest BCUT2D eigenvalue weighted by atomic mass is 15.4. The lowest BCUT2D eigenvalue weighted by Crippen LogP contribution is -2.05. The Kier molecular flexibility index (Phi) is 1.12. The van der Waals surface area contributed by atoms with Gasteiger partial charge in [-0.15, -0.1) is 5.10 Å². The van der Waals surface area contributed by atoms with E-state index in [4.69, 9.17) is 0 Å². The molecule has 0 aliphatic heterocycles. The second-order valence-corrected chi connectivity index (χ2v) is 2.66. The molecule has 1 saturated carbocycles. The Balaban J connectivity index is 2.08. The van der Waals surface area contributed by atoms with Gasteiger partial charge in [-0.3, -0.25) is 0 Å². The molecule has 1 aromatic rings. The van der Waals surface area contributed by atoms with E-state index < -0.39 is 0 Å². The first-order valence-corrected chi connectivity index (χ1v) is 3.47. The lowest BCUT2D eigenvalue weighted by molar-refractivity contribution is 0.717. The van der Waals surface area contributed by atoms with Gasteiger partial charge < -0.3 is 5.32 Å². The zero-order chi connectivity index (χ0) is 6.97. The molecule has 0 amide bonds. The third kappa shape index (κ3) is 0.964. The van der Waals surface area contributed by atoms with Gasteiger partial charge in [-0.2, -0.15) is 0 Å². The first-order chi connectivity index (χ1) is 4.86. The van der Waals surface area contributed by atoms with Gasteiger partial charge in [0.1, 0.15) is 5.82 Å². The van der Waals surface area contributed by atoms with E-state index in [-0.39, 0.29) is 0 Å². The van der Waals surface area contributed by atoms with Gasteiger partial charge in [0.15, 0.2) is 0 Å². The van der Waals surface area contributed by atoms with Gasteiger partial charge in [0, 0.05) is 13.1 Å². The Morgan fingerprint density at radius 3 is 3.00 bits per heavy atom. The minimum atomic E-state index is 0.678. The van der Waals surface area contributed by atoms with Crippen LogP contribution in [0.15, 0.2) is 6.20 Å². The molecule has 4 nitrogen and oxygen atoms in total. The standard InChI is InChI=1S/C6H10N4/c1-10-6(4-7-9-10)8-5-2-3-5/h4-5,8H,2-3H2,1H3. The van der Waals surface area contributed by atoms with Crippen LogP contribution in [0.5, 0.6) is 0 Å². The molecule has 0 spiro atoms. The molecule has 0 radical (unpaired) electrons. The zero-order valence-corrected chi connectivity index (χ0v) is 5.91. The van der Waals surface area contributed by atoms with Crippen LogP contribution in [0.2, 0.25) is 0 Å². The summed E-state index contributed by atoms with van der Waals surface area (Å²) < 4.78 is 1.75. The van der Waals surface area contributed by atoms with Crippen LogP contribution in [0.1, 0.15) is 12.8 Å². The molecule has 1 aromatic heterocycles. The summed E-state index contributed by atoms with van der Waals surface area (Å²) in [6, 6.07) is 0.678. The van der Waals surface area contributed by atoms with Crippen LogP contribution in [0.3, 0.4) is 0 Å². The van der Waals surface area contributed by atoms with Crippen LogP contribution in [-0.2, 0) is 7.05 Å². The summed E-state index contributed by atoms with van der Waals surface area (Å²) in [7, 11) is 1.89. The van der Waals surface area contributed by atoms with E-state index in [1.807, 2.05) is 7.05 Å². The summed E-state index contributed by atoms with van der Waals surface area (Å²) in [4.78, 5) is 0. The molecule has 0 atom stereocenters. The molecule has 1 aliphatic carbocycles. The van der Waals surface area contributed by atoms with E-state index >= 15 is 0 Å². The van der Waals surface area contributed by atoms with Gasteiger partial charge in [-0.25, -0.2) is 4.68 Å². The molecule has 1 N–H and O–H groups in total. The van der Waals surface area contributed by atoms with Gasteiger partial charge in [0.25, 0.3) is 0 Å². The highest BCUT2D eigenvalue weighted by molar-refractivity contribution is 5.33. The first-order valence-electron chi connectivity index (χ1n) is 3.47. The Labute approximate surface area is 59.2 Å². The lowest BCUT2D eigenvalue weighted by atomic mass is 10.6. The normalized spacial score (nSPS) is 17.3. The minimum Gasteiger partial charge on any atom is -0.366 e. The molecule has 4 heteroatoms. The number of hydrogen-bond donors (Lipinski definition) is 1. The Morgan fingerprint density at radius 2 is 2.50 bits per heavy atom.